The molecule has 0 aromatic carbocycles. The highest BCUT2D eigenvalue weighted by molar-refractivity contribution is 5.84. The van der Waals surface area contributed by atoms with Crippen LogP contribution in [0, 0.1) is 5.92 Å². The summed E-state index contributed by atoms with van der Waals surface area (Å²) < 4.78 is 30.9. The molecule has 0 amide bonds. The number of hydrogen-bond donors (Lipinski definition) is 2. The SMILES string of the molecule is O=C(O)c1ccc(C(O)C2CCC(F)(F)CC2)o1. The summed E-state index contributed by atoms with van der Waals surface area (Å²) in [5.74, 6) is -4.31. The molecule has 1 heterocycles. The Hall–Kier alpha value is -1.43. The summed E-state index contributed by atoms with van der Waals surface area (Å²) in [7, 11) is 0. The van der Waals surface area contributed by atoms with E-state index < -0.39 is 18.0 Å². The summed E-state index contributed by atoms with van der Waals surface area (Å²) >= 11 is 0. The van der Waals surface area contributed by atoms with Gasteiger partial charge in [-0.15, -0.1) is 0 Å². The molecule has 0 saturated heterocycles. The van der Waals surface area contributed by atoms with Crippen LogP contribution in [0.15, 0.2) is 16.5 Å². The van der Waals surface area contributed by atoms with Crippen molar-refractivity contribution in [1.82, 2.24) is 0 Å². The molecular formula is C12H14F2O4. The number of carboxylic acid groups (broad SMARTS) is 1. The minimum atomic E-state index is -2.65. The molecule has 0 aliphatic heterocycles. The van der Waals surface area contributed by atoms with E-state index in [4.69, 9.17) is 9.52 Å². The summed E-state index contributed by atoms with van der Waals surface area (Å²) in [5.41, 5.74) is 0. The lowest BCUT2D eigenvalue weighted by atomic mass is 9.82. The second-order valence-electron chi connectivity index (χ2n) is 4.65. The number of hydrogen-bond acceptors (Lipinski definition) is 3. The van der Waals surface area contributed by atoms with Crippen molar-refractivity contribution < 1.29 is 28.2 Å². The average Bonchev–Trinajstić information content (AvgIpc) is 2.77. The van der Waals surface area contributed by atoms with Crippen LogP contribution >= 0.6 is 0 Å². The number of carboxylic acids is 1. The first kappa shape index (κ1) is 13.0. The van der Waals surface area contributed by atoms with Crippen molar-refractivity contribution in [3.63, 3.8) is 0 Å². The van der Waals surface area contributed by atoms with Crippen molar-refractivity contribution in [1.29, 1.82) is 0 Å². The fraction of sp³-hybridized carbons (Fsp3) is 0.583. The van der Waals surface area contributed by atoms with E-state index >= 15 is 0 Å². The number of furan rings is 1. The fourth-order valence-electron chi connectivity index (χ4n) is 2.24. The molecule has 1 fully saturated rings. The highest BCUT2D eigenvalue weighted by atomic mass is 19.3. The fourth-order valence-corrected chi connectivity index (χ4v) is 2.24. The number of halogens is 2. The van der Waals surface area contributed by atoms with Crippen LogP contribution in [0.4, 0.5) is 8.78 Å². The van der Waals surface area contributed by atoms with Gasteiger partial charge < -0.3 is 14.6 Å². The van der Waals surface area contributed by atoms with Crippen LogP contribution in [0.1, 0.15) is 48.1 Å². The zero-order chi connectivity index (χ0) is 13.3. The van der Waals surface area contributed by atoms with Crippen molar-refractivity contribution in [2.75, 3.05) is 0 Å². The van der Waals surface area contributed by atoms with Crippen molar-refractivity contribution in [3.8, 4) is 0 Å². The lowest BCUT2D eigenvalue weighted by Crippen LogP contribution is -2.27. The third-order valence-electron chi connectivity index (χ3n) is 3.34. The van der Waals surface area contributed by atoms with Gasteiger partial charge in [0.15, 0.2) is 0 Å². The van der Waals surface area contributed by atoms with Crippen LogP contribution in [0.3, 0.4) is 0 Å². The monoisotopic (exact) mass is 260 g/mol. The average molecular weight is 260 g/mol. The van der Waals surface area contributed by atoms with E-state index in [9.17, 15) is 18.7 Å². The quantitative estimate of drug-likeness (QED) is 0.876. The first-order valence-electron chi connectivity index (χ1n) is 5.78. The number of aliphatic hydroxyl groups excluding tert-OH is 1. The molecule has 1 unspecified atom stereocenters. The molecule has 1 aliphatic rings. The van der Waals surface area contributed by atoms with Crippen LogP contribution in [0.2, 0.25) is 0 Å². The molecule has 2 rings (SSSR count). The minimum absolute atomic E-state index is 0.127. The Balaban J connectivity index is 2.03. The van der Waals surface area contributed by atoms with Crippen molar-refractivity contribution in [3.05, 3.63) is 23.7 Å². The van der Waals surface area contributed by atoms with E-state index in [1.807, 2.05) is 0 Å². The van der Waals surface area contributed by atoms with Crippen molar-refractivity contribution >= 4 is 5.97 Å². The molecule has 6 heteroatoms. The largest absolute Gasteiger partial charge is 0.475 e. The van der Waals surface area contributed by atoms with Gasteiger partial charge in [0.05, 0.1) is 0 Å². The second-order valence-corrected chi connectivity index (χ2v) is 4.65. The zero-order valence-electron chi connectivity index (χ0n) is 9.60. The third kappa shape index (κ3) is 2.69. The minimum Gasteiger partial charge on any atom is -0.475 e. The molecule has 2 N–H and O–H groups in total. The molecule has 1 aromatic rings. The number of rotatable bonds is 3. The highest BCUT2D eigenvalue weighted by Gasteiger charge is 2.38. The van der Waals surface area contributed by atoms with Crippen molar-refractivity contribution in [2.45, 2.75) is 37.7 Å². The molecular weight excluding hydrogens is 246 g/mol. The van der Waals surface area contributed by atoms with Gasteiger partial charge in [-0.1, -0.05) is 0 Å². The number of carbonyl (C=O) groups is 1. The van der Waals surface area contributed by atoms with E-state index in [1.165, 1.54) is 12.1 Å². The summed E-state index contributed by atoms with van der Waals surface area (Å²) in [4.78, 5) is 10.6. The Morgan fingerprint density at radius 3 is 2.50 bits per heavy atom. The van der Waals surface area contributed by atoms with Crippen LogP contribution in [-0.2, 0) is 0 Å². The Morgan fingerprint density at radius 2 is 2.00 bits per heavy atom. The maximum Gasteiger partial charge on any atom is 0.371 e. The maximum absolute atomic E-state index is 13.0. The zero-order valence-corrected chi connectivity index (χ0v) is 9.60. The van der Waals surface area contributed by atoms with Gasteiger partial charge in [0.2, 0.25) is 11.7 Å². The van der Waals surface area contributed by atoms with Crippen LogP contribution in [-0.4, -0.2) is 22.1 Å². The Kier molecular flexibility index (Phi) is 3.38. The first-order valence-corrected chi connectivity index (χ1v) is 5.78. The Morgan fingerprint density at radius 1 is 1.39 bits per heavy atom. The van der Waals surface area contributed by atoms with Gasteiger partial charge in [0, 0.05) is 12.8 Å². The molecule has 0 bridgehead atoms. The van der Waals surface area contributed by atoms with Gasteiger partial charge in [0.25, 0.3) is 0 Å². The van der Waals surface area contributed by atoms with Crippen LogP contribution < -0.4 is 0 Å². The lowest BCUT2D eigenvalue weighted by Gasteiger charge is -2.30. The van der Waals surface area contributed by atoms with Gasteiger partial charge in [-0.25, -0.2) is 13.6 Å². The first-order chi connectivity index (χ1) is 8.39. The van der Waals surface area contributed by atoms with Gasteiger partial charge in [-0.3, -0.25) is 0 Å². The molecule has 1 atom stereocenters. The predicted molar refractivity (Wildman–Crippen MR) is 57.5 cm³/mol. The molecule has 1 saturated carbocycles. The van der Waals surface area contributed by atoms with E-state index in [-0.39, 0.29) is 43.1 Å². The number of aromatic carboxylic acids is 1. The third-order valence-corrected chi connectivity index (χ3v) is 3.34. The van der Waals surface area contributed by atoms with Crippen molar-refractivity contribution in [2.24, 2.45) is 5.92 Å². The van der Waals surface area contributed by atoms with E-state index in [0.717, 1.165) is 0 Å². The maximum atomic E-state index is 13.0. The normalized spacial score (nSPS) is 21.7. The molecule has 4 nitrogen and oxygen atoms in total. The molecule has 18 heavy (non-hydrogen) atoms. The molecule has 1 aromatic heterocycles. The second kappa shape index (κ2) is 4.68. The number of alkyl halides is 2. The van der Waals surface area contributed by atoms with Crippen LogP contribution in [0.5, 0.6) is 0 Å². The van der Waals surface area contributed by atoms with Crippen LogP contribution in [0.25, 0.3) is 0 Å². The van der Waals surface area contributed by atoms with Gasteiger partial charge in [-0.2, -0.15) is 0 Å². The standard InChI is InChI=1S/C12H14F2O4/c13-12(14)5-3-7(4-6-12)10(15)8-1-2-9(18-8)11(16)17/h1-2,7,10,15H,3-6H2,(H,16,17). The summed E-state index contributed by atoms with van der Waals surface area (Å²) in [6, 6.07) is 2.62. The molecule has 0 spiro atoms. The van der Waals surface area contributed by atoms with Gasteiger partial charge >= 0.3 is 5.97 Å². The van der Waals surface area contributed by atoms with E-state index in [1.54, 1.807) is 0 Å². The van der Waals surface area contributed by atoms with Gasteiger partial charge in [-0.05, 0) is 30.9 Å². The van der Waals surface area contributed by atoms with Gasteiger partial charge in [0.1, 0.15) is 11.9 Å². The molecule has 1 aliphatic carbocycles. The molecule has 0 radical (unpaired) electrons. The topological polar surface area (TPSA) is 70.7 Å². The Bertz CT molecular complexity index is 431. The summed E-state index contributed by atoms with van der Waals surface area (Å²) in [6.07, 6.45) is -1.11. The highest BCUT2D eigenvalue weighted by Crippen LogP contribution is 2.41. The summed E-state index contributed by atoms with van der Waals surface area (Å²) in [5, 5.41) is 18.7. The lowest BCUT2D eigenvalue weighted by molar-refractivity contribution is -0.0652. The molecule has 100 valence electrons. The smallest absolute Gasteiger partial charge is 0.371 e. The Labute approximate surface area is 102 Å². The predicted octanol–water partition coefficient (Wildman–Crippen LogP) is 2.84. The summed E-state index contributed by atoms with van der Waals surface area (Å²) in [6.45, 7) is 0. The van der Waals surface area contributed by atoms with E-state index in [2.05, 4.69) is 0 Å². The van der Waals surface area contributed by atoms with E-state index in [0.29, 0.717) is 0 Å². The number of aliphatic hydroxyl groups is 1.